The number of fused-ring (bicyclic) bond motifs is 1. The predicted octanol–water partition coefficient (Wildman–Crippen LogP) is 4.61. The van der Waals surface area contributed by atoms with Crippen LogP contribution in [0.5, 0.6) is 5.75 Å². The number of esters is 1. The van der Waals surface area contributed by atoms with Gasteiger partial charge in [0.1, 0.15) is 17.2 Å². The third-order valence-electron chi connectivity index (χ3n) is 6.08. The summed E-state index contributed by atoms with van der Waals surface area (Å²) in [6.07, 6.45) is 6.01. The lowest BCUT2D eigenvalue weighted by molar-refractivity contribution is -0.137. The van der Waals surface area contributed by atoms with Crippen molar-refractivity contribution >= 4 is 24.0 Å². The van der Waals surface area contributed by atoms with Crippen LogP contribution in [-0.2, 0) is 27.2 Å². The first-order valence-electron chi connectivity index (χ1n) is 12.5. The smallest absolute Gasteiger partial charge is 0.416 e. The van der Waals surface area contributed by atoms with E-state index in [0.29, 0.717) is 12.4 Å². The van der Waals surface area contributed by atoms with E-state index >= 15 is 0 Å². The Morgan fingerprint density at radius 3 is 2.81 bits per heavy atom. The van der Waals surface area contributed by atoms with Crippen molar-refractivity contribution in [3.63, 3.8) is 0 Å². The highest BCUT2D eigenvalue weighted by molar-refractivity contribution is 5.88. The summed E-state index contributed by atoms with van der Waals surface area (Å²) in [6, 6.07) is 9.96. The van der Waals surface area contributed by atoms with Crippen LogP contribution in [0.15, 0.2) is 42.6 Å². The molecule has 1 aromatic carbocycles. The van der Waals surface area contributed by atoms with Crippen LogP contribution in [0, 0.1) is 0 Å². The van der Waals surface area contributed by atoms with Crippen molar-refractivity contribution in [1.82, 2.24) is 9.88 Å². The molecule has 1 amide bonds. The average molecular weight is 494 g/mol. The number of hydrogen-bond acceptors (Lipinski definition) is 7. The van der Waals surface area contributed by atoms with E-state index in [-0.39, 0.29) is 6.04 Å². The normalized spacial score (nSPS) is 17.6. The molecular formula is C28H35N3O5. The molecule has 0 bridgehead atoms. The molecule has 192 valence electrons. The van der Waals surface area contributed by atoms with E-state index in [1.807, 2.05) is 26.8 Å². The Morgan fingerprint density at radius 1 is 1.25 bits per heavy atom. The standard InChI is InChI=1S/C28H35N3O5/c1-5-34-26(32)11-8-20-7-10-25(29-17-20)31(27(33)36-28(2,3)4)23-12-14-30(19-23)18-21-6-9-24-22(16-21)13-15-35-24/h6-11,16-17,23H,5,12-15,18-19H2,1-4H3/b11-8+/t23-/m1/s1. The van der Waals surface area contributed by atoms with Crippen molar-refractivity contribution in [2.45, 2.75) is 58.7 Å². The van der Waals surface area contributed by atoms with Gasteiger partial charge in [0.2, 0.25) is 0 Å². The summed E-state index contributed by atoms with van der Waals surface area (Å²) in [6.45, 7) is 10.8. The fourth-order valence-corrected chi connectivity index (χ4v) is 4.50. The number of rotatable bonds is 7. The van der Waals surface area contributed by atoms with Gasteiger partial charge in [-0.3, -0.25) is 9.80 Å². The van der Waals surface area contributed by atoms with Crippen LogP contribution in [0.1, 0.15) is 50.8 Å². The molecule has 0 unspecified atom stereocenters. The molecule has 8 nitrogen and oxygen atoms in total. The van der Waals surface area contributed by atoms with Gasteiger partial charge in [0.25, 0.3) is 0 Å². The molecule has 2 aliphatic rings. The van der Waals surface area contributed by atoms with Gasteiger partial charge in [0, 0.05) is 38.3 Å². The fraction of sp³-hybridized carbons (Fsp3) is 0.464. The van der Waals surface area contributed by atoms with Crippen molar-refractivity contribution in [2.24, 2.45) is 0 Å². The van der Waals surface area contributed by atoms with Crippen molar-refractivity contribution in [2.75, 3.05) is 31.2 Å². The first-order valence-corrected chi connectivity index (χ1v) is 12.5. The molecule has 0 aliphatic carbocycles. The topological polar surface area (TPSA) is 81.2 Å². The quantitative estimate of drug-likeness (QED) is 0.412. The van der Waals surface area contributed by atoms with Crippen LogP contribution in [0.2, 0.25) is 0 Å². The van der Waals surface area contributed by atoms with E-state index < -0.39 is 17.7 Å². The molecule has 4 rings (SSSR count). The minimum absolute atomic E-state index is 0.0639. The van der Waals surface area contributed by atoms with Gasteiger partial charge in [0.05, 0.1) is 19.3 Å². The Hall–Kier alpha value is -3.39. The van der Waals surface area contributed by atoms with Crippen LogP contribution in [0.25, 0.3) is 6.08 Å². The number of nitrogens with zero attached hydrogens (tertiary/aromatic N) is 3. The van der Waals surface area contributed by atoms with Crippen molar-refractivity contribution in [3.05, 3.63) is 59.3 Å². The van der Waals surface area contributed by atoms with E-state index in [0.717, 1.165) is 50.4 Å². The first kappa shape index (κ1) is 25.7. The molecule has 1 fully saturated rings. The zero-order chi connectivity index (χ0) is 25.7. The Morgan fingerprint density at radius 2 is 2.08 bits per heavy atom. The molecule has 1 saturated heterocycles. The fourth-order valence-electron chi connectivity index (χ4n) is 4.50. The van der Waals surface area contributed by atoms with Gasteiger partial charge in [-0.1, -0.05) is 12.1 Å². The molecule has 0 radical (unpaired) electrons. The number of benzene rings is 1. The minimum Gasteiger partial charge on any atom is -0.493 e. The van der Waals surface area contributed by atoms with E-state index in [1.165, 1.54) is 17.2 Å². The average Bonchev–Trinajstić information content (AvgIpc) is 3.47. The highest BCUT2D eigenvalue weighted by Crippen LogP contribution is 2.29. The Labute approximate surface area is 212 Å². The molecule has 0 spiro atoms. The number of pyridine rings is 1. The Kier molecular flexibility index (Phi) is 7.94. The molecule has 2 aromatic rings. The molecule has 2 aliphatic heterocycles. The highest BCUT2D eigenvalue weighted by Gasteiger charge is 2.35. The zero-order valence-electron chi connectivity index (χ0n) is 21.5. The lowest BCUT2D eigenvalue weighted by atomic mass is 10.1. The maximum absolute atomic E-state index is 13.3. The SMILES string of the molecule is CCOC(=O)/C=C/c1ccc(N(C(=O)OC(C)(C)C)[C@@H]2CCN(Cc3ccc4c(c3)CCO4)C2)nc1. The summed E-state index contributed by atoms with van der Waals surface area (Å²) in [4.78, 5) is 33.4. The second-order valence-corrected chi connectivity index (χ2v) is 10.1. The highest BCUT2D eigenvalue weighted by atomic mass is 16.6. The summed E-state index contributed by atoms with van der Waals surface area (Å²) >= 11 is 0. The second kappa shape index (κ2) is 11.1. The molecule has 0 N–H and O–H groups in total. The van der Waals surface area contributed by atoms with Crippen LogP contribution in [0.4, 0.5) is 10.6 Å². The van der Waals surface area contributed by atoms with E-state index in [2.05, 4.69) is 28.1 Å². The Bertz CT molecular complexity index is 1110. The molecule has 0 saturated carbocycles. The van der Waals surface area contributed by atoms with Gasteiger partial charge in [-0.15, -0.1) is 0 Å². The van der Waals surface area contributed by atoms with Gasteiger partial charge in [-0.05, 0) is 75.1 Å². The third kappa shape index (κ3) is 6.63. The number of anilines is 1. The van der Waals surface area contributed by atoms with E-state index in [4.69, 9.17) is 14.2 Å². The Balaban J connectivity index is 1.48. The monoisotopic (exact) mass is 493 g/mol. The molecule has 36 heavy (non-hydrogen) atoms. The summed E-state index contributed by atoms with van der Waals surface area (Å²) in [5.74, 6) is 1.11. The van der Waals surface area contributed by atoms with Crippen LogP contribution >= 0.6 is 0 Å². The minimum atomic E-state index is -0.623. The van der Waals surface area contributed by atoms with Gasteiger partial charge in [0.15, 0.2) is 0 Å². The largest absolute Gasteiger partial charge is 0.493 e. The van der Waals surface area contributed by atoms with E-state index in [1.54, 1.807) is 30.2 Å². The molecule has 8 heteroatoms. The predicted molar refractivity (Wildman–Crippen MR) is 138 cm³/mol. The van der Waals surface area contributed by atoms with Gasteiger partial charge >= 0.3 is 12.1 Å². The van der Waals surface area contributed by atoms with Gasteiger partial charge < -0.3 is 14.2 Å². The number of likely N-dealkylation sites (tertiary alicyclic amines) is 1. The summed E-state index contributed by atoms with van der Waals surface area (Å²) in [5, 5.41) is 0. The molecule has 3 heterocycles. The van der Waals surface area contributed by atoms with E-state index in [9.17, 15) is 9.59 Å². The van der Waals surface area contributed by atoms with Gasteiger partial charge in [-0.2, -0.15) is 0 Å². The summed E-state index contributed by atoms with van der Waals surface area (Å²) in [7, 11) is 0. The summed E-state index contributed by atoms with van der Waals surface area (Å²) < 4.78 is 16.3. The third-order valence-corrected chi connectivity index (χ3v) is 6.08. The van der Waals surface area contributed by atoms with Crippen LogP contribution in [-0.4, -0.2) is 59.9 Å². The van der Waals surface area contributed by atoms with Crippen LogP contribution in [0.3, 0.4) is 0 Å². The molecule has 1 aromatic heterocycles. The van der Waals surface area contributed by atoms with Crippen molar-refractivity contribution in [1.29, 1.82) is 0 Å². The van der Waals surface area contributed by atoms with Crippen molar-refractivity contribution in [3.8, 4) is 5.75 Å². The van der Waals surface area contributed by atoms with Crippen LogP contribution < -0.4 is 9.64 Å². The van der Waals surface area contributed by atoms with Gasteiger partial charge in [-0.25, -0.2) is 14.6 Å². The first-order chi connectivity index (χ1) is 17.2. The maximum atomic E-state index is 13.3. The maximum Gasteiger partial charge on any atom is 0.416 e. The lowest BCUT2D eigenvalue weighted by Crippen LogP contribution is -2.45. The number of amides is 1. The number of carbonyl (C=O) groups is 2. The second-order valence-electron chi connectivity index (χ2n) is 10.1. The molecular weight excluding hydrogens is 458 g/mol. The summed E-state index contributed by atoms with van der Waals surface area (Å²) in [5.41, 5.74) is 2.63. The zero-order valence-corrected chi connectivity index (χ0v) is 21.5. The lowest BCUT2D eigenvalue weighted by Gasteiger charge is -2.31. The number of aromatic nitrogens is 1. The van der Waals surface area contributed by atoms with Crippen molar-refractivity contribution < 1.29 is 23.8 Å². The number of ether oxygens (including phenoxy) is 3. The number of carbonyl (C=O) groups excluding carboxylic acids is 2. The molecule has 1 atom stereocenters. The number of hydrogen-bond donors (Lipinski definition) is 0.